The predicted octanol–water partition coefficient (Wildman–Crippen LogP) is 4.66. The quantitative estimate of drug-likeness (QED) is 0.366. The van der Waals surface area contributed by atoms with Gasteiger partial charge in [-0.2, -0.15) is 0 Å². The molecule has 3 rings (SSSR count). The van der Waals surface area contributed by atoms with Gasteiger partial charge in [-0.25, -0.2) is 0 Å². The first-order valence-corrected chi connectivity index (χ1v) is 10.9. The number of aryl methyl sites for hydroxylation is 1. The van der Waals surface area contributed by atoms with Crippen LogP contribution in [-0.2, 0) is 20.8 Å². The Morgan fingerprint density at radius 2 is 1.18 bits per heavy atom. The van der Waals surface area contributed by atoms with Crippen LogP contribution in [0.2, 0.25) is 0 Å². The number of hydrogen-bond acceptors (Lipinski definition) is 4. The average molecular weight is 445 g/mol. The fraction of sp³-hybridized carbons (Fsp3) is 0.192. The van der Waals surface area contributed by atoms with E-state index in [4.69, 9.17) is 0 Å². The Labute approximate surface area is 193 Å². The summed E-state index contributed by atoms with van der Waals surface area (Å²) in [6.07, 6.45) is 1.44. The lowest BCUT2D eigenvalue weighted by molar-refractivity contribution is -0.116. The van der Waals surface area contributed by atoms with Crippen molar-refractivity contribution in [2.24, 2.45) is 0 Å². The molecule has 0 aromatic heterocycles. The molecular weight excluding hydrogens is 416 g/mol. The Kier molecular flexibility index (Phi) is 8.59. The van der Waals surface area contributed by atoms with Crippen LogP contribution < -0.4 is 21.3 Å². The average Bonchev–Trinajstić information content (AvgIpc) is 2.82. The Morgan fingerprint density at radius 1 is 0.636 bits per heavy atom. The highest BCUT2D eigenvalue weighted by molar-refractivity contribution is 5.96. The number of nitrogens with one attached hydrogen (secondary N) is 4. The van der Waals surface area contributed by atoms with E-state index in [1.807, 2.05) is 36.4 Å². The van der Waals surface area contributed by atoms with Crippen LogP contribution in [-0.4, -0.2) is 24.3 Å². The SMILES string of the molecule is CCC(=O)Nc1cccc(NCC(=O)Nc2cccc(NC(=O)CCc3ccccc3)c2)c1. The molecule has 0 saturated carbocycles. The Hall–Kier alpha value is -4.13. The third kappa shape index (κ3) is 8.14. The molecule has 3 aromatic rings. The molecule has 4 N–H and O–H groups in total. The van der Waals surface area contributed by atoms with Gasteiger partial charge in [0.05, 0.1) is 6.54 Å². The molecule has 0 aliphatic heterocycles. The second-order valence-corrected chi connectivity index (χ2v) is 7.50. The minimum absolute atomic E-state index is 0.0544. The van der Waals surface area contributed by atoms with Crippen LogP contribution in [0.3, 0.4) is 0 Å². The number of hydrogen-bond donors (Lipinski definition) is 4. The summed E-state index contributed by atoms with van der Waals surface area (Å²) < 4.78 is 0. The lowest BCUT2D eigenvalue weighted by Crippen LogP contribution is -2.22. The van der Waals surface area contributed by atoms with E-state index in [2.05, 4.69) is 21.3 Å². The normalized spacial score (nSPS) is 10.2. The van der Waals surface area contributed by atoms with Gasteiger partial charge in [0, 0.05) is 35.6 Å². The van der Waals surface area contributed by atoms with Gasteiger partial charge in [0.2, 0.25) is 17.7 Å². The third-order valence-corrected chi connectivity index (χ3v) is 4.83. The smallest absolute Gasteiger partial charge is 0.243 e. The molecule has 0 unspecified atom stereocenters. The van der Waals surface area contributed by atoms with Crippen molar-refractivity contribution in [1.82, 2.24) is 0 Å². The summed E-state index contributed by atoms with van der Waals surface area (Å²) >= 11 is 0. The van der Waals surface area contributed by atoms with Gasteiger partial charge in [-0.05, 0) is 48.4 Å². The molecule has 0 spiro atoms. The maximum atomic E-state index is 12.4. The molecule has 7 heteroatoms. The Bertz CT molecular complexity index is 1100. The molecule has 0 radical (unpaired) electrons. The highest BCUT2D eigenvalue weighted by Gasteiger charge is 2.07. The lowest BCUT2D eigenvalue weighted by Gasteiger charge is -2.11. The van der Waals surface area contributed by atoms with Crippen LogP contribution in [0.1, 0.15) is 25.3 Å². The topological polar surface area (TPSA) is 99.3 Å². The minimum atomic E-state index is -0.231. The highest BCUT2D eigenvalue weighted by Crippen LogP contribution is 2.17. The van der Waals surface area contributed by atoms with Gasteiger partial charge in [0.15, 0.2) is 0 Å². The van der Waals surface area contributed by atoms with Gasteiger partial charge in [0.25, 0.3) is 0 Å². The van der Waals surface area contributed by atoms with Gasteiger partial charge in [-0.3, -0.25) is 14.4 Å². The van der Waals surface area contributed by atoms with E-state index in [1.165, 1.54) is 0 Å². The molecule has 7 nitrogen and oxygen atoms in total. The predicted molar refractivity (Wildman–Crippen MR) is 132 cm³/mol. The van der Waals surface area contributed by atoms with Crippen molar-refractivity contribution in [3.63, 3.8) is 0 Å². The summed E-state index contributed by atoms with van der Waals surface area (Å²) in [6, 6.07) is 24.1. The molecule has 0 saturated heterocycles. The van der Waals surface area contributed by atoms with E-state index in [1.54, 1.807) is 49.4 Å². The van der Waals surface area contributed by atoms with E-state index in [-0.39, 0.29) is 24.3 Å². The second kappa shape index (κ2) is 12.0. The van der Waals surface area contributed by atoms with Crippen molar-refractivity contribution in [2.75, 3.05) is 27.8 Å². The van der Waals surface area contributed by atoms with Gasteiger partial charge < -0.3 is 21.3 Å². The molecule has 170 valence electrons. The highest BCUT2D eigenvalue weighted by atomic mass is 16.2. The molecule has 0 fully saturated rings. The summed E-state index contributed by atoms with van der Waals surface area (Å²) in [7, 11) is 0. The van der Waals surface area contributed by atoms with E-state index in [0.29, 0.717) is 36.3 Å². The lowest BCUT2D eigenvalue weighted by atomic mass is 10.1. The van der Waals surface area contributed by atoms with Crippen molar-refractivity contribution in [3.8, 4) is 0 Å². The summed E-state index contributed by atoms with van der Waals surface area (Å²) in [5, 5.41) is 11.5. The molecule has 33 heavy (non-hydrogen) atoms. The summed E-state index contributed by atoms with van der Waals surface area (Å²) in [6.45, 7) is 1.84. The van der Waals surface area contributed by atoms with Crippen molar-refractivity contribution in [1.29, 1.82) is 0 Å². The number of benzene rings is 3. The number of anilines is 4. The second-order valence-electron chi connectivity index (χ2n) is 7.50. The number of rotatable bonds is 10. The van der Waals surface area contributed by atoms with Crippen LogP contribution in [0.4, 0.5) is 22.7 Å². The van der Waals surface area contributed by atoms with Crippen molar-refractivity contribution >= 4 is 40.5 Å². The molecule has 0 aliphatic rings. The maximum Gasteiger partial charge on any atom is 0.243 e. The van der Waals surface area contributed by atoms with Crippen LogP contribution in [0.5, 0.6) is 0 Å². The maximum absolute atomic E-state index is 12.4. The Balaban J connectivity index is 1.47. The third-order valence-electron chi connectivity index (χ3n) is 4.83. The summed E-state index contributed by atoms with van der Waals surface area (Å²) in [4.78, 5) is 36.2. The molecule has 3 amide bonds. The fourth-order valence-corrected chi connectivity index (χ4v) is 3.14. The number of carbonyl (C=O) groups is 3. The molecule has 0 bridgehead atoms. The first-order valence-electron chi connectivity index (χ1n) is 10.9. The van der Waals surface area contributed by atoms with E-state index in [0.717, 1.165) is 11.3 Å². The van der Waals surface area contributed by atoms with Crippen molar-refractivity contribution in [2.45, 2.75) is 26.2 Å². The molecule has 0 atom stereocenters. The van der Waals surface area contributed by atoms with E-state index < -0.39 is 0 Å². The molecular formula is C26H28N4O3. The monoisotopic (exact) mass is 444 g/mol. The van der Waals surface area contributed by atoms with Gasteiger partial charge in [0.1, 0.15) is 0 Å². The Morgan fingerprint density at radius 3 is 1.82 bits per heavy atom. The zero-order valence-electron chi connectivity index (χ0n) is 18.6. The molecule has 0 aliphatic carbocycles. The van der Waals surface area contributed by atoms with Crippen molar-refractivity contribution in [3.05, 3.63) is 84.4 Å². The first-order chi connectivity index (χ1) is 16.0. The van der Waals surface area contributed by atoms with E-state index in [9.17, 15) is 14.4 Å². The van der Waals surface area contributed by atoms with E-state index >= 15 is 0 Å². The molecule has 3 aromatic carbocycles. The fourth-order valence-electron chi connectivity index (χ4n) is 3.14. The van der Waals surface area contributed by atoms with Crippen molar-refractivity contribution < 1.29 is 14.4 Å². The molecule has 0 heterocycles. The number of carbonyl (C=O) groups excluding carboxylic acids is 3. The number of amides is 3. The van der Waals surface area contributed by atoms with Gasteiger partial charge >= 0.3 is 0 Å². The summed E-state index contributed by atoms with van der Waals surface area (Å²) in [5.41, 5.74) is 3.71. The van der Waals surface area contributed by atoms with Crippen LogP contribution in [0.25, 0.3) is 0 Å². The van der Waals surface area contributed by atoms with Crippen LogP contribution in [0.15, 0.2) is 78.9 Å². The summed E-state index contributed by atoms with van der Waals surface area (Å²) in [5.74, 6) is -0.387. The van der Waals surface area contributed by atoms with Gasteiger partial charge in [-0.1, -0.05) is 49.4 Å². The standard InChI is InChI=1S/C26H28N4O3/c1-2-24(31)28-21-11-6-10-20(16-21)27-18-26(33)30-23-13-7-12-22(17-23)29-25(32)15-14-19-8-4-3-5-9-19/h3-13,16-17,27H,2,14-15,18H2,1H3,(H,28,31)(H,29,32)(H,30,33). The van der Waals surface area contributed by atoms with Crippen LogP contribution in [0, 0.1) is 0 Å². The first kappa shape index (κ1) is 23.5. The zero-order valence-corrected chi connectivity index (χ0v) is 18.6. The zero-order chi connectivity index (χ0) is 23.5. The van der Waals surface area contributed by atoms with Gasteiger partial charge in [-0.15, -0.1) is 0 Å². The largest absolute Gasteiger partial charge is 0.376 e. The minimum Gasteiger partial charge on any atom is -0.376 e. The van der Waals surface area contributed by atoms with Crippen LogP contribution >= 0.6 is 0 Å².